The molecule has 4 nitrogen and oxygen atoms in total. The van der Waals surface area contributed by atoms with Gasteiger partial charge < -0.3 is 10.4 Å². The number of nitrogens with one attached hydrogen (secondary N) is 1. The largest absolute Gasteiger partial charge is 0.481 e. The highest BCUT2D eigenvalue weighted by atomic mass is 16.4. The molecule has 0 bridgehead atoms. The van der Waals surface area contributed by atoms with Crippen LogP contribution in [-0.2, 0) is 4.79 Å². The van der Waals surface area contributed by atoms with Gasteiger partial charge in [-0.1, -0.05) is 6.58 Å². The Morgan fingerprint density at radius 2 is 2.06 bits per heavy atom. The molecule has 0 aromatic heterocycles. The first kappa shape index (κ1) is 13.0. The number of nitrogens with zero attached hydrogens (tertiary/aromatic N) is 1. The van der Waals surface area contributed by atoms with Crippen molar-refractivity contribution >= 4 is 5.97 Å². The van der Waals surface area contributed by atoms with E-state index in [0.29, 0.717) is 6.04 Å². The summed E-state index contributed by atoms with van der Waals surface area (Å²) in [6.07, 6.45) is 1.51. The van der Waals surface area contributed by atoms with Gasteiger partial charge in [-0.15, -0.1) is 0 Å². The van der Waals surface area contributed by atoms with Crippen LogP contribution in [0.2, 0.25) is 0 Å². The molecule has 0 aromatic carbocycles. The van der Waals surface area contributed by atoms with E-state index in [4.69, 9.17) is 5.11 Å². The number of aliphatic carboxylic acids is 1. The lowest BCUT2D eigenvalue weighted by Gasteiger charge is -2.31. The van der Waals surface area contributed by atoms with Crippen LogP contribution in [-0.4, -0.2) is 41.7 Å². The monoisotopic (exact) mass is 226 g/mol. The van der Waals surface area contributed by atoms with Gasteiger partial charge in [-0.25, -0.2) is 0 Å². The maximum atomic E-state index is 10.8. The summed E-state index contributed by atoms with van der Waals surface area (Å²) in [5.41, 5.74) is 1.02. The van der Waals surface area contributed by atoms with Gasteiger partial charge in [0.1, 0.15) is 0 Å². The minimum atomic E-state index is -0.654. The Labute approximate surface area is 97.3 Å². The molecule has 0 radical (unpaired) electrons. The van der Waals surface area contributed by atoms with Gasteiger partial charge in [0.05, 0.1) is 5.92 Å². The zero-order valence-corrected chi connectivity index (χ0v) is 10.2. The highest BCUT2D eigenvalue weighted by molar-refractivity contribution is 5.70. The molecule has 2 N–H and O–H groups in total. The van der Waals surface area contributed by atoms with Crippen LogP contribution in [0.4, 0.5) is 0 Å². The number of piperidine rings is 1. The smallest absolute Gasteiger partial charge is 0.306 e. The van der Waals surface area contributed by atoms with Crippen LogP contribution in [0, 0.1) is 5.92 Å². The van der Waals surface area contributed by atoms with Crippen molar-refractivity contribution in [3.8, 4) is 0 Å². The molecule has 0 saturated carbocycles. The zero-order chi connectivity index (χ0) is 12.1. The molecule has 1 saturated heterocycles. The Kier molecular flexibility index (Phi) is 4.80. The molecule has 16 heavy (non-hydrogen) atoms. The summed E-state index contributed by atoms with van der Waals surface area (Å²) in [5.74, 6) is -0.804. The van der Waals surface area contributed by atoms with E-state index in [1.54, 1.807) is 0 Å². The number of carboxylic acids is 1. The number of carbonyl (C=O) groups is 1. The van der Waals surface area contributed by atoms with E-state index in [9.17, 15) is 4.79 Å². The number of rotatable bonds is 5. The lowest BCUT2D eigenvalue weighted by molar-refractivity contribution is -0.143. The van der Waals surface area contributed by atoms with Gasteiger partial charge in [-0.05, 0) is 39.8 Å². The molecule has 92 valence electrons. The number of likely N-dealkylation sites (tertiary alicyclic amines) is 1. The molecule has 0 unspecified atom stereocenters. The molecule has 1 aliphatic heterocycles. The molecule has 0 amide bonds. The molecule has 1 fully saturated rings. The quantitative estimate of drug-likeness (QED) is 0.742. The van der Waals surface area contributed by atoms with Gasteiger partial charge in [0.2, 0.25) is 0 Å². The summed E-state index contributed by atoms with van der Waals surface area (Å²) < 4.78 is 0. The average molecular weight is 226 g/mol. The topological polar surface area (TPSA) is 52.6 Å². The Morgan fingerprint density at radius 3 is 2.50 bits per heavy atom. The first-order chi connectivity index (χ1) is 7.49. The Bertz CT molecular complexity index is 256. The molecule has 0 spiro atoms. The van der Waals surface area contributed by atoms with E-state index >= 15 is 0 Å². The third-order valence-corrected chi connectivity index (χ3v) is 2.84. The predicted molar refractivity (Wildman–Crippen MR) is 64.2 cm³/mol. The summed E-state index contributed by atoms with van der Waals surface area (Å²) in [7, 11) is 0. The van der Waals surface area contributed by atoms with Gasteiger partial charge in [-0.3, -0.25) is 9.69 Å². The lowest BCUT2D eigenvalue weighted by atomic mass is 9.97. The summed E-state index contributed by atoms with van der Waals surface area (Å²) in [5, 5.41) is 12.1. The first-order valence-electron chi connectivity index (χ1n) is 5.88. The molecular formula is C12H22N2O2. The normalized spacial score (nSPS) is 18.7. The van der Waals surface area contributed by atoms with Crippen LogP contribution in [0.15, 0.2) is 12.3 Å². The summed E-state index contributed by atoms with van der Waals surface area (Å²) in [6.45, 7) is 10.7. The molecule has 1 heterocycles. The second kappa shape index (κ2) is 5.89. The second-order valence-corrected chi connectivity index (χ2v) is 4.79. The van der Waals surface area contributed by atoms with Gasteiger partial charge in [0.25, 0.3) is 0 Å². The van der Waals surface area contributed by atoms with E-state index in [1.807, 2.05) is 0 Å². The third-order valence-electron chi connectivity index (χ3n) is 2.84. The van der Waals surface area contributed by atoms with Crippen molar-refractivity contribution in [1.29, 1.82) is 0 Å². The molecule has 0 aromatic rings. The van der Waals surface area contributed by atoms with Crippen LogP contribution in [0.25, 0.3) is 0 Å². The highest BCUT2D eigenvalue weighted by Crippen LogP contribution is 2.17. The van der Waals surface area contributed by atoms with Crippen molar-refractivity contribution in [2.45, 2.75) is 32.7 Å². The van der Waals surface area contributed by atoms with Gasteiger partial charge >= 0.3 is 5.97 Å². The number of hydrogen-bond donors (Lipinski definition) is 2. The molecule has 0 aliphatic carbocycles. The highest BCUT2D eigenvalue weighted by Gasteiger charge is 2.24. The van der Waals surface area contributed by atoms with Gasteiger partial charge in [0, 0.05) is 18.3 Å². The van der Waals surface area contributed by atoms with Crippen molar-refractivity contribution in [2.75, 3.05) is 19.6 Å². The number of hydrogen-bond acceptors (Lipinski definition) is 3. The van der Waals surface area contributed by atoms with Crippen LogP contribution >= 0.6 is 0 Å². The van der Waals surface area contributed by atoms with Gasteiger partial charge in [0.15, 0.2) is 0 Å². The minimum absolute atomic E-state index is 0.150. The zero-order valence-electron chi connectivity index (χ0n) is 10.2. The molecular weight excluding hydrogens is 204 g/mol. The van der Waals surface area contributed by atoms with Gasteiger partial charge in [-0.2, -0.15) is 0 Å². The molecule has 4 heteroatoms. The third kappa shape index (κ3) is 4.23. The van der Waals surface area contributed by atoms with Crippen LogP contribution in [0.5, 0.6) is 0 Å². The van der Waals surface area contributed by atoms with E-state index < -0.39 is 5.97 Å². The Hall–Kier alpha value is -1.03. The minimum Gasteiger partial charge on any atom is -0.481 e. The second-order valence-electron chi connectivity index (χ2n) is 4.79. The number of carboxylic acid groups (broad SMARTS) is 1. The fourth-order valence-electron chi connectivity index (χ4n) is 2.06. The predicted octanol–water partition coefficient (Wildman–Crippen LogP) is 1.29. The molecule has 1 rings (SSSR count). The van der Waals surface area contributed by atoms with Crippen molar-refractivity contribution in [2.24, 2.45) is 5.92 Å². The summed E-state index contributed by atoms with van der Waals surface area (Å²) >= 11 is 0. The maximum Gasteiger partial charge on any atom is 0.306 e. The van der Waals surface area contributed by atoms with Crippen molar-refractivity contribution < 1.29 is 9.90 Å². The standard InChI is InChI=1S/C12H22N2O2/c1-9(2)13-10(3)8-14-6-4-11(5-7-14)12(15)16/h9,11,13H,3-8H2,1-2H3,(H,15,16). The summed E-state index contributed by atoms with van der Waals surface area (Å²) in [6, 6.07) is 0.407. The Balaban J connectivity index is 2.26. The van der Waals surface area contributed by atoms with Crippen LogP contribution in [0.1, 0.15) is 26.7 Å². The SMILES string of the molecule is C=C(CN1CCC(C(=O)O)CC1)NC(C)C. The van der Waals surface area contributed by atoms with E-state index in [2.05, 4.69) is 30.6 Å². The Morgan fingerprint density at radius 1 is 1.50 bits per heavy atom. The maximum absolute atomic E-state index is 10.8. The average Bonchev–Trinajstić information content (AvgIpc) is 2.16. The molecule has 1 aliphatic rings. The fraction of sp³-hybridized carbons (Fsp3) is 0.750. The van der Waals surface area contributed by atoms with E-state index in [-0.39, 0.29) is 5.92 Å². The molecule has 0 atom stereocenters. The van der Waals surface area contributed by atoms with Crippen molar-refractivity contribution in [3.63, 3.8) is 0 Å². The van der Waals surface area contributed by atoms with E-state index in [1.165, 1.54) is 0 Å². The van der Waals surface area contributed by atoms with Crippen molar-refractivity contribution in [3.05, 3.63) is 12.3 Å². The van der Waals surface area contributed by atoms with Crippen molar-refractivity contribution in [1.82, 2.24) is 10.2 Å². The first-order valence-corrected chi connectivity index (χ1v) is 5.88. The van der Waals surface area contributed by atoms with Crippen LogP contribution in [0.3, 0.4) is 0 Å². The lowest BCUT2D eigenvalue weighted by Crippen LogP contribution is -2.39. The summed E-state index contributed by atoms with van der Waals surface area (Å²) in [4.78, 5) is 13.0. The van der Waals surface area contributed by atoms with E-state index in [0.717, 1.165) is 38.2 Å². The fourth-order valence-corrected chi connectivity index (χ4v) is 2.06. The van der Waals surface area contributed by atoms with Crippen LogP contribution < -0.4 is 5.32 Å².